The van der Waals surface area contributed by atoms with Crippen molar-refractivity contribution in [3.05, 3.63) is 11.6 Å². The van der Waals surface area contributed by atoms with Crippen molar-refractivity contribution in [3.8, 4) is 0 Å². The second-order valence-electron chi connectivity index (χ2n) is 8.48. The Hall–Kier alpha value is -0.300. The fourth-order valence-corrected chi connectivity index (χ4v) is 5.10. The summed E-state index contributed by atoms with van der Waals surface area (Å²) in [6.07, 6.45) is 22.6. The molecule has 0 heterocycles. The van der Waals surface area contributed by atoms with Crippen molar-refractivity contribution in [3.63, 3.8) is 0 Å². The maximum Gasteiger partial charge on any atom is -0.00178 e. The first-order valence-corrected chi connectivity index (χ1v) is 11.2. The number of allylic oxidation sites excluding steroid dienone is 2. The lowest BCUT2D eigenvalue weighted by Gasteiger charge is -2.35. The van der Waals surface area contributed by atoms with Gasteiger partial charge in [-0.2, -0.15) is 0 Å². The zero-order valence-corrected chi connectivity index (χ0v) is 16.6. The van der Waals surface area contributed by atoms with Crippen molar-refractivity contribution in [1.29, 1.82) is 0 Å². The molecule has 0 saturated heterocycles. The van der Waals surface area contributed by atoms with Crippen LogP contribution in [0.5, 0.6) is 0 Å². The summed E-state index contributed by atoms with van der Waals surface area (Å²) in [7, 11) is 0. The van der Waals surface area contributed by atoms with Gasteiger partial charge in [0.05, 0.1) is 0 Å². The first kappa shape index (κ1) is 20.0. The Kier molecular flexibility index (Phi) is 10.1. The summed E-state index contributed by atoms with van der Waals surface area (Å²) >= 11 is 0. The zero-order valence-electron chi connectivity index (χ0n) is 16.6. The van der Waals surface area contributed by atoms with Crippen LogP contribution in [0, 0.1) is 17.8 Å². The Labute approximate surface area is 152 Å². The maximum atomic E-state index is 3.76. The van der Waals surface area contributed by atoms with Crippen LogP contribution < -0.4 is 5.32 Å². The molecule has 0 aromatic carbocycles. The molecule has 140 valence electrons. The second kappa shape index (κ2) is 12.1. The number of rotatable bonds is 8. The molecule has 0 amide bonds. The normalized spacial score (nSPS) is 31.6. The Bertz CT molecular complexity index is 346. The largest absolute Gasteiger partial charge is 0.316 e. The van der Waals surface area contributed by atoms with Crippen LogP contribution in [0.4, 0.5) is 0 Å². The minimum absolute atomic E-state index is 0.941. The number of nitrogens with one attached hydrogen (secondary N) is 1. The van der Waals surface area contributed by atoms with E-state index in [1.807, 2.05) is 5.57 Å². The minimum atomic E-state index is 0.941. The highest BCUT2D eigenvalue weighted by molar-refractivity contribution is 5.05. The lowest BCUT2D eigenvalue weighted by Crippen LogP contribution is -2.32. The third-order valence-electron chi connectivity index (χ3n) is 6.49. The summed E-state index contributed by atoms with van der Waals surface area (Å²) in [6, 6.07) is 0. The molecule has 1 saturated carbocycles. The molecule has 0 aliphatic heterocycles. The van der Waals surface area contributed by atoms with E-state index in [9.17, 15) is 0 Å². The van der Waals surface area contributed by atoms with Crippen LogP contribution in [0.3, 0.4) is 0 Å². The van der Waals surface area contributed by atoms with Gasteiger partial charge in [-0.1, -0.05) is 57.6 Å². The van der Waals surface area contributed by atoms with E-state index in [1.165, 1.54) is 103 Å². The van der Waals surface area contributed by atoms with Crippen molar-refractivity contribution in [2.45, 2.75) is 104 Å². The van der Waals surface area contributed by atoms with E-state index in [2.05, 4.69) is 25.2 Å². The van der Waals surface area contributed by atoms with E-state index >= 15 is 0 Å². The van der Waals surface area contributed by atoms with Gasteiger partial charge in [0.2, 0.25) is 0 Å². The van der Waals surface area contributed by atoms with E-state index in [0.717, 1.165) is 17.8 Å². The van der Waals surface area contributed by atoms with Gasteiger partial charge >= 0.3 is 0 Å². The molecule has 3 unspecified atom stereocenters. The van der Waals surface area contributed by atoms with E-state index in [-0.39, 0.29) is 0 Å². The van der Waals surface area contributed by atoms with Gasteiger partial charge in [0.25, 0.3) is 0 Å². The zero-order chi connectivity index (χ0) is 17.0. The average molecular weight is 334 g/mol. The molecule has 0 bridgehead atoms. The van der Waals surface area contributed by atoms with Gasteiger partial charge in [-0.25, -0.2) is 0 Å². The van der Waals surface area contributed by atoms with Crippen LogP contribution in [0.15, 0.2) is 11.6 Å². The minimum Gasteiger partial charge on any atom is -0.316 e. The number of unbranched alkanes of at least 4 members (excludes halogenated alkanes) is 1. The molecule has 1 heteroatoms. The van der Waals surface area contributed by atoms with Crippen molar-refractivity contribution < 1.29 is 0 Å². The molecule has 1 fully saturated rings. The Balaban J connectivity index is 2.01. The van der Waals surface area contributed by atoms with E-state index < -0.39 is 0 Å². The average Bonchev–Trinajstić information content (AvgIpc) is 2.80. The topological polar surface area (TPSA) is 12.0 Å². The summed E-state index contributed by atoms with van der Waals surface area (Å²) < 4.78 is 0. The van der Waals surface area contributed by atoms with Crippen molar-refractivity contribution >= 4 is 0 Å². The molecular formula is C23H43N. The first-order valence-electron chi connectivity index (χ1n) is 11.2. The van der Waals surface area contributed by atoms with E-state index in [0.29, 0.717) is 0 Å². The highest BCUT2D eigenvalue weighted by Gasteiger charge is 2.30. The molecule has 1 nitrogen and oxygen atoms in total. The van der Waals surface area contributed by atoms with E-state index in [4.69, 9.17) is 0 Å². The summed E-state index contributed by atoms with van der Waals surface area (Å²) in [5.74, 6) is 2.90. The van der Waals surface area contributed by atoms with Gasteiger partial charge in [-0.05, 0) is 88.6 Å². The highest BCUT2D eigenvalue weighted by atomic mass is 14.9. The van der Waals surface area contributed by atoms with Gasteiger partial charge in [0.1, 0.15) is 0 Å². The Morgan fingerprint density at radius 3 is 2.62 bits per heavy atom. The molecule has 1 N–H and O–H groups in total. The SMILES string of the molecule is CCCC/C1=C/CCCCC(C2CCCCCC2CNCCC)C1. The maximum absolute atomic E-state index is 3.76. The van der Waals surface area contributed by atoms with E-state index in [1.54, 1.807) is 0 Å². The third kappa shape index (κ3) is 6.90. The summed E-state index contributed by atoms with van der Waals surface area (Å²) in [4.78, 5) is 0. The first-order chi connectivity index (χ1) is 11.8. The fraction of sp³-hybridized carbons (Fsp3) is 0.913. The summed E-state index contributed by atoms with van der Waals surface area (Å²) in [5.41, 5.74) is 1.81. The van der Waals surface area contributed by atoms with Gasteiger partial charge in [0.15, 0.2) is 0 Å². The van der Waals surface area contributed by atoms with Crippen LogP contribution >= 0.6 is 0 Å². The molecule has 0 aromatic heterocycles. The van der Waals surface area contributed by atoms with Gasteiger partial charge in [-0.15, -0.1) is 0 Å². The van der Waals surface area contributed by atoms with Crippen molar-refractivity contribution in [1.82, 2.24) is 5.32 Å². The molecule has 3 atom stereocenters. The van der Waals surface area contributed by atoms with Crippen molar-refractivity contribution in [2.24, 2.45) is 17.8 Å². The number of hydrogen-bond donors (Lipinski definition) is 1. The van der Waals surface area contributed by atoms with Gasteiger partial charge in [0, 0.05) is 0 Å². The van der Waals surface area contributed by atoms with Crippen LogP contribution in [0.2, 0.25) is 0 Å². The third-order valence-corrected chi connectivity index (χ3v) is 6.49. The van der Waals surface area contributed by atoms with Crippen LogP contribution in [0.1, 0.15) is 104 Å². The summed E-state index contributed by atoms with van der Waals surface area (Å²) in [5, 5.41) is 3.76. The molecule has 0 radical (unpaired) electrons. The van der Waals surface area contributed by atoms with Gasteiger partial charge < -0.3 is 5.32 Å². The van der Waals surface area contributed by atoms with Gasteiger partial charge in [-0.3, -0.25) is 0 Å². The van der Waals surface area contributed by atoms with Crippen LogP contribution in [0.25, 0.3) is 0 Å². The fourth-order valence-electron chi connectivity index (χ4n) is 5.10. The van der Waals surface area contributed by atoms with Crippen LogP contribution in [-0.2, 0) is 0 Å². The molecular weight excluding hydrogens is 290 g/mol. The quantitative estimate of drug-likeness (QED) is 0.290. The second-order valence-corrected chi connectivity index (χ2v) is 8.48. The smallest absolute Gasteiger partial charge is 0.00178 e. The molecule has 0 spiro atoms. The Morgan fingerprint density at radius 2 is 1.79 bits per heavy atom. The lowest BCUT2D eigenvalue weighted by molar-refractivity contribution is 0.189. The highest BCUT2D eigenvalue weighted by Crippen LogP contribution is 2.40. The predicted molar refractivity (Wildman–Crippen MR) is 107 cm³/mol. The molecule has 24 heavy (non-hydrogen) atoms. The molecule has 2 aliphatic carbocycles. The van der Waals surface area contributed by atoms with Crippen molar-refractivity contribution in [2.75, 3.05) is 13.1 Å². The molecule has 2 aliphatic rings. The molecule has 2 rings (SSSR count). The Morgan fingerprint density at radius 1 is 0.958 bits per heavy atom. The standard InChI is InChI=1S/C23H43N/c1-3-5-12-20-13-8-6-9-14-21(18-20)23-16-11-7-10-15-22(23)19-24-17-4-2/h13,21-24H,3-12,14-19H2,1-2H3/b20-13-. The summed E-state index contributed by atoms with van der Waals surface area (Å²) in [6.45, 7) is 7.11. The number of hydrogen-bond acceptors (Lipinski definition) is 1. The monoisotopic (exact) mass is 333 g/mol. The molecule has 0 aromatic rings. The predicted octanol–water partition coefficient (Wildman–Crippen LogP) is 6.88. The lowest BCUT2D eigenvalue weighted by atomic mass is 9.72. The van der Waals surface area contributed by atoms with Crippen LogP contribution in [-0.4, -0.2) is 13.1 Å².